The van der Waals surface area contributed by atoms with Crippen molar-refractivity contribution < 1.29 is 18.0 Å². The molecule has 1 aliphatic heterocycles. The minimum absolute atomic E-state index is 0.0563. The molecule has 0 radical (unpaired) electrons. The second kappa shape index (κ2) is 8.27. The lowest BCUT2D eigenvalue weighted by molar-refractivity contribution is -0.137. The summed E-state index contributed by atoms with van der Waals surface area (Å²) in [5.41, 5.74) is 8.55. The van der Waals surface area contributed by atoms with Crippen LogP contribution >= 0.6 is 11.6 Å². The summed E-state index contributed by atoms with van der Waals surface area (Å²) in [6.45, 7) is 3.78. The molecule has 4 nitrogen and oxygen atoms in total. The number of halogens is 4. The van der Waals surface area contributed by atoms with E-state index in [0.29, 0.717) is 24.1 Å². The van der Waals surface area contributed by atoms with E-state index in [1.807, 2.05) is 32.0 Å². The summed E-state index contributed by atoms with van der Waals surface area (Å²) in [7, 11) is 0. The van der Waals surface area contributed by atoms with Gasteiger partial charge >= 0.3 is 6.18 Å². The molecule has 0 saturated carbocycles. The highest BCUT2D eigenvalue weighted by atomic mass is 35.5. The van der Waals surface area contributed by atoms with Gasteiger partial charge in [0.1, 0.15) is 5.82 Å². The van der Waals surface area contributed by atoms with E-state index in [1.54, 1.807) is 0 Å². The molecule has 0 fully saturated rings. The van der Waals surface area contributed by atoms with E-state index in [9.17, 15) is 23.2 Å². The summed E-state index contributed by atoms with van der Waals surface area (Å²) < 4.78 is 41.8. The van der Waals surface area contributed by atoms with Crippen molar-refractivity contribution >= 4 is 23.1 Å². The molecule has 170 valence electrons. The highest BCUT2D eigenvalue weighted by molar-refractivity contribution is 6.30. The van der Waals surface area contributed by atoms with E-state index in [4.69, 9.17) is 17.3 Å². The minimum Gasteiger partial charge on any atom is -0.384 e. The third-order valence-corrected chi connectivity index (χ3v) is 6.40. The number of Topliss-reactive ketones (excluding diaryl/α,β-unsaturated/α-hetero) is 1. The predicted octanol–water partition coefficient (Wildman–Crippen LogP) is 6.28. The molecule has 0 spiro atoms. The van der Waals surface area contributed by atoms with Crippen molar-refractivity contribution in [2.45, 2.75) is 45.2 Å². The van der Waals surface area contributed by atoms with E-state index in [1.165, 1.54) is 17.0 Å². The number of nitrogens with zero attached hydrogens (tertiary/aromatic N) is 2. The predicted molar refractivity (Wildman–Crippen MR) is 120 cm³/mol. The summed E-state index contributed by atoms with van der Waals surface area (Å²) in [5, 5.41) is 10.0. The molecule has 2 aromatic rings. The van der Waals surface area contributed by atoms with Gasteiger partial charge in [-0.15, -0.1) is 0 Å². The first-order chi connectivity index (χ1) is 15.5. The Kier molecular flexibility index (Phi) is 5.75. The summed E-state index contributed by atoms with van der Waals surface area (Å²) >= 11 is 5.87. The molecule has 0 amide bonds. The van der Waals surface area contributed by atoms with Crippen molar-refractivity contribution in [3.8, 4) is 6.07 Å². The Balaban J connectivity index is 2.05. The van der Waals surface area contributed by atoms with Crippen LogP contribution in [0, 0.1) is 25.2 Å². The van der Waals surface area contributed by atoms with Gasteiger partial charge in [0.2, 0.25) is 0 Å². The number of nitrogens with two attached hydrogens (primary N) is 1. The summed E-state index contributed by atoms with van der Waals surface area (Å²) in [6, 6.07) is 11.2. The Morgan fingerprint density at radius 2 is 1.88 bits per heavy atom. The zero-order valence-corrected chi connectivity index (χ0v) is 18.8. The van der Waals surface area contributed by atoms with Crippen LogP contribution in [-0.4, -0.2) is 5.78 Å². The zero-order chi connectivity index (χ0) is 24.1. The highest BCUT2D eigenvalue weighted by Crippen LogP contribution is 2.49. The number of ketones is 1. The Morgan fingerprint density at radius 1 is 1.15 bits per heavy atom. The molecule has 0 bridgehead atoms. The third-order valence-electron chi connectivity index (χ3n) is 6.16. The summed E-state index contributed by atoms with van der Waals surface area (Å²) in [6.07, 6.45) is -3.60. The second-order valence-corrected chi connectivity index (χ2v) is 8.77. The summed E-state index contributed by atoms with van der Waals surface area (Å²) in [4.78, 5) is 14.4. The van der Waals surface area contributed by atoms with Gasteiger partial charge in [-0.25, -0.2) is 0 Å². The van der Waals surface area contributed by atoms with E-state index < -0.39 is 17.7 Å². The highest BCUT2D eigenvalue weighted by Gasteiger charge is 2.43. The number of nitriles is 1. The molecule has 1 heterocycles. The lowest BCUT2D eigenvalue weighted by Gasteiger charge is -2.40. The summed E-state index contributed by atoms with van der Waals surface area (Å²) in [5.74, 6) is -1.02. The first-order valence-corrected chi connectivity index (χ1v) is 10.8. The fourth-order valence-electron chi connectivity index (χ4n) is 4.67. The van der Waals surface area contributed by atoms with Gasteiger partial charge in [-0.3, -0.25) is 9.69 Å². The normalized spacial score (nSPS) is 19.0. The van der Waals surface area contributed by atoms with Crippen LogP contribution in [-0.2, 0) is 11.0 Å². The first kappa shape index (κ1) is 22.9. The monoisotopic (exact) mass is 471 g/mol. The number of hydrogen-bond acceptors (Lipinski definition) is 4. The lowest BCUT2D eigenvalue weighted by Crippen LogP contribution is -2.39. The van der Waals surface area contributed by atoms with Gasteiger partial charge in [-0.2, -0.15) is 18.4 Å². The molecule has 1 aliphatic carbocycles. The molecule has 0 aromatic heterocycles. The minimum atomic E-state index is -4.71. The number of allylic oxidation sites excluding steroid dienone is 3. The zero-order valence-electron chi connectivity index (χ0n) is 18.1. The number of carbonyl (C=O) groups excluding carboxylic acids is 1. The molecular formula is C25H21ClF3N3O. The van der Waals surface area contributed by atoms with Crippen LogP contribution in [0.2, 0.25) is 5.02 Å². The van der Waals surface area contributed by atoms with Crippen LogP contribution in [0.1, 0.15) is 47.4 Å². The Labute approximate surface area is 194 Å². The number of benzene rings is 2. The van der Waals surface area contributed by atoms with Gasteiger partial charge in [0.05, 0.1) is 28.8 Å². The lowest BCUT2D eigenvalue weighted by atomic mass is 9.74. The largest absolute Gasteiger partial charge is 0.418 e. The SMILES string of the molecule is Cc1ccc(C)c(C2C(C#N)=C(N)N(c3ccc(Cl)cc3C(F)(F)F)C3=C2C(=O)CCC3)c1. The topological polar surface area (TPSA) is 70.1 Å². The first-order valence-electron chi connectivity index (χ1n) is 10.4. The molecule has 0 saturated heterocycles. The van der Waals surface area contributed by atoms with Crippen molar-refractivity contribution in [2.24, 2.45) is 5.73 Å². The molecular weight excluding hydrogens is 451 g/mol. The number of aryl methyl sites for hydroxylation is 2. The van der Waals surface area contributed by atoms with Crippen molar-refractivity contribution in [2.75, 3.05) is 4.90 Å². The van der Waals surface area contributed by atoms with Crippen LogP contribution in [0.5, 0.6) is 0 Å². The quantitative estimate of drug-likeness (QED) is 0.559. The molecule has 33 heavy (non-hydrogen) atoms. The van der Waals surface area contributed by atoms with Crippen LogP contribution in [0.15, 0.2) is 59.1 Å². The van der Waals surface area contributed by atoms with Gasteiger partial charge < -0.3 is 5.73 Å². The van der Waals surface area contributed by atoms with Gasteiger partial charge in [-0.05, 0) is 56.0 Å². The van der Waals surface area contributed by atoms with Crippen molar-refractivity contribution in [1.82, 2.24) is 0 Å². The van der Waals surface area contributed by atoms with Crippen LogP contribution in [0.4, 0.5) is 18.9 Å². The van der Waals surface area contributed by atoms with Crippen molar-refractivity contribution in [3.05, 3.63) is 86.3 Å². The average Bonchev–Trinajstić information content (AvgIpc) is 2.75. The van der Waals surface area contributed by atoms with E-state index in [-0.39, 0.29) is 34.3 Å². The Bertz CT molecular complexity index is 1270. The number of rotatable bonds is 2. The van der Waals surface area contributed by atoms with Crippen LogP contribution in [0.3, 0.4) is 0 Å². The van der Waals surface area contributed by atoms with Crippen LogP contribution < -0.4 is 10.6 Å². The number of anilines is 1. The molecule has 1 unspecified atom stereocenters. The van der Waals surface area contributed by atoms with E-state index in [0.717, 1.165) is 22.8 Å². The number of hydrogen-bond donors (Lipinski definition) is 1. The molecule has 8 heteroatoms. The second-order valence-electron chi connectivity index (χ2n) is 8.34. The number of alkyl halides is 3. The van der Waals surface area contributed by atoms with Crippen molar-refractivity contribution in [3.63, 3.8) is 0 Å². The molecule has 2 N–H and O–H groups in total. The fourth-order valence-corrected chi connectivity index (χ4v) is 4.85. The average molecular weight is 472 g/mol. The molecule has 1 atom stereocenters. The number of carbonyl (C=O) groups is 1. The smallest absolute Gasteiger partial charge is 0.384 e. The molecule has 2 aromatic carbocycles. The third kappa shape index (κ3) is 3.89. The maximum atomic E-state index is 13.9. The van der Waals surface area contributed by atoms with Gasteiger partial charge in [0.25, 0.3) is 0 Å². The van der Waals surface area contributed by atoms with Gasteiger partial charge in [0, 0.05) is 22.7 Å². The van der Waals surface area contributed by atoms with Crippen LogP contribution in [0.25, 0.3) is 0 Å². The standard InChI is InChI=1S/C25H21ClF3N3O/c1-13-6-7-14(2)16(10-13)22-17(12-30)24(31)32(20-4-3-5-21(33)23(20)22)19-9-8-15(26)11-18(19)25(27,28)29/h6-11,22H,3-5,31H2,1-2H3. The molecule has 4 rings (SSSR count). The van der Waals surface area contributed by atoms with E-state index in [2.05, 4.69) is 6.07 Å². The van der Waals surface area contributed by atoms with Crippen molar-refractivity contribution in [1.29, 1.82) is 5.26 Å². The Hall–Kier alpha value is -3.24. The fraction of sp³-hybridized carbons (Fsp3) is 0.280. The maximum absolute atomic E-state index is 13.9. The van der Waals surface area contributed by atoms with Gasteiger partial charge in [0.15, 0.2) is 5.78 Å². The van der Waals surface area contributed by atoms with E-state index >= 15 is 0 Å². The van der Waals surface area contributed by atoms with Gasteiger partial charge in [-0.1, -0.05) is 35.4 Å². The Morgan fingerprint density at radius 3 is 2.55 bits per heavy atom. The maximum Gasteiger partial charge on any atom is 0.418 e. The molecule has 2 aliphatic rings.